The highest BCUT2D eigenvalue weighted by molar-refractivity contribution is 5.85. The number of halogens is 1. The van der Waals surface area contributed by atoms with Crippen LogP contribution in [-0.2, 0) is 0 Å². The third-order valence-corrected chi connectivity index (χ3v) is 3.42. The van der Waals surface area contributed by atoms with E-state index >= 15 is 0 Å². The van der Waals surface area contributed by atoms with Gasteiger partial charge in [-0.1, -0.05) is 18.2 Å². The summed E-state index contributed by atoms with van der Waals surface area (Å²) in [6.07, 6.45) is 1.76. The lowest BCUT2D eigenvalue weighted by molar-refractivity contribution is 0.626. The maximum absolute atomic E-state index is 13.6. The number of rotatable bonds is 2. The zero-order valence-electron chi connectivity index (χ0n) is 11.2. The van der Waals surface area contributed by atoms with Gasteiger partial charge in [-0.15, -0.1) is 0 Å². The van der Waals surface area contributed by atoms with Crippen molar-refractivity contribution < 1.29 is 4.39 Å². The second-order valence-electron chi connectivity index (χ2n) is 4.93. The first-order chi connectivity index (χ1) is 9.65. The highest BCUT2D eigenvalue weighted by atomic mass is 19.1. The Hall–Kier alpha value is -2.26. The number of benzene rings is 2. The number of fused-ring (bicyclic) bond motifs is 1. The average molecular weight is 266 g/mol. The molecule has 3 aromatic rings. The quantitative estimate of drug-likeness (QED) is 0.759. The second kappa shape index (κ2) is 5.02. The number of aromatic nitrogens is 1. The van der Waals surface area contributed by atoms with Crippen LogP contribution in [0.5, 0.6) is 0 Å². The Morgan fingerprint density at radius 3 is 2.75 bits per heavy atom. The van der Waals surface area contributed by atoms with Crippen LogP contribution in [0.1, 0.15) is 18.5 Å². The van der Waals surface area contributed by atoms with Crippen molar-refractivity contribution in [2.24, 2.45) is 5.73 Å². The molecule has 0 radical (unpaired) electrons. The number of hydrogen-bond acceptors (Lipinski definition) is 2. The molecule has 100 valence electrons. The van der Waals surface area contributed by atoms with Gasteiger partial charge in [-0.3, -0.25) is 4.98 Å². The first kappa shape index (κ1) is 12.8. The zero-order valence-corrected chi connectivity index (χ0v) is 11.2. The molecule has 0 spiro atoms. The Labute approximate surface area is 117 Å². The largest absolute Gasteiger partial charge is 0.324 e. The Bertz CT molecular complexity index is 766. The van der Waals surface area contributed by atoms with Crippen LogP contribution < -0.4 is 5.73 Å². The van der Waals surface area contributed by atoms with Crippen molar-refractivity contribution in [3.8, 4) is 11.1 Å². The molecule has 0 bridgehead atoms. The molecule has 0 aliphatic carbocycles. The van der Waals surface area contributed by atoms with Crippen LogP contribution in [-0.4, -0.2) is 4.98 Å². The van der Waals surface area contributed by atoms with Gasteiger partial charge in [0.05, 0.1) is 5.52 Å². The molecular weight excluding hydrogens is 251 g/mol. The molecule has 0 aliphatic rings. The number of hydrogen-bond donors (Lipinski definition) is 1. The lowest BCUT2D eigenvalue weighted by atomic mass is 9.95. The van der Waals surface area contributed by atoms with Gasteiger partial charge in [-0.05, 0) is 53.9 Å². The van der Waals surface area contributed by atoms with Crippen molar-refractivity contribution in [3.05, 3.63) is 66.1 Å². The van der Waals surface area contributed by atoms with E-state index in [0.29, 0.717) is 0 Å². The third kappa shape index (κ3) is 2.28. The van der Waals surface area contributed by atoms with Crippen LogP contribution in [0.2, 0.25) is 0 Å². The third-order valence-electron chi connectivity index (χ3n) is 3.42. The lowest BCUT2D eigenvalue weighted by Gasteiger charge is -2.13. The van der Waals surface area contributed by atoms with E-state index in [1.165, 1.54) is 12.1 Å². The maximum Gasteiger partial charge on any atom is 0.123 e. The normalized spacial score (nSPS) is 12.6. The van der Waals surface area contributed by atoms with Crippen molar-refractivity contribution in [3.63, 3.8) is 0 Å². The minimum atomic E-state index is -0.254. The lowest BCUT2D eigenvalue weighted by Crippen LogP contribution is -2.07. The predicted octanol–water partition coefficient (Wildman–Crippen LogP) is 4.06. The first-order valence-electron chi connectivity index (χ1n) is 6.55. The Morgan fingerprint density at radius 2 is 1.95 bits per heavy atom. The fourth-order valence-corrected chi connectivity index (χ4v) is 2.42. The molecule has 3 heteroatoms. The first-order valence-corrected chi connectivity index (χ1v) is 6.55. The standard InChI is InChI=1S/C17H15FN2/c1-11(19)15-6-5-14(18)10-16(15)12-4-7-17-13(9-12)3-2-8-20-17/h2-11H,19H2,1H3. The van der Waals surface area contributed by atoms with Gasteiger partial charge >= 0.3 is 0 Å². The van der Waals surface area contributed by atoms with Crippen LogP contribution in [0.4, 0.5) is 4.39 Å². The molecule has 2 N–H and O–H groups in total. The predicted molar refractivity (Wildman–Crippen MR) is 79.7 cm³/mol. The molecule has 20 heavy (non-hydrogen) atoms. The molecule has 1 atom stereocenters. The SMILES string of the molecule is CC(N)c1ccc(F)cc1-c1ccc2ncccc2c1. The van der Waals surface area contributed by atoms with Gasteiger partial charge in [0.1, 0.15) is 5.82 Å². The van der Waals surface area contributed by atoms with Crippen molar-refractivity contribution in [1.82, 2.24) is 4.98 Å². The number of nitrogens with two attached hydrogens (primary N) is 1. The van der Waals surface area contributed by atoms with E-state index in [0.717, 1.165) is 27.6 Å². The Kier molecular flexibility index (Phi) is 3.20. The van der Waals surface area contributed by atoms with E-state index < -0.39 is 0 Å². The summed E-state index contributed by atoms with van der Waals surface area (Å²) in [6, 6.07) is 14.4. The molecule has 3 rings (SSSR count). The van der Waals surface area contributed by atoms with Crippen molar-refractivity contribution in [2.75, 3.05) is 0 Å². The van der Waals surface area contributed by atoms with Crippen LogP contribution >= 0.6 is 0 Å². The molecule has 0 saturated carbocycles. The Balaban J connectivity index is 2.22. The minimum absolute atomic E-state index is 0.143. The van der Waals surface area contributed by atoms with E-state index in [2.05, 4.69) is 4.98 Å². The van der Waals surface area contributed by atoms with Gasteiger partial charge in [0.15, 0.2) is 0 Å². The topological polar surface area (TPSA) is 38.9 Å². The van der Waals surface area contributed by atoms with Crippen molar-refractivity contribution in [2.45, 2.75) is 13.0 Å². The van der Waals surface area contributed by atoms with Gasteiger partial charge < -0.3 is 5.73 Å². The van der Waals surface area contributed by atoms with Crippen molar-refractivity contribution in [1.29, 1.82) is 0 Å². The summed E-state index contributed by atoms with van der Waals surface area (Å²) in [5.41, 5.74) is 9.64. The van der Waals surface area contributed by atoms with Gasteiger partial charge in [-0.25, -0.2) is 4.39 Å². The fourth-order valence-electron chi connectivity index (χ4n) is 2.42. The summed E-state index contributed by atoms with van der Waals surface area (Å²) < 4.78 is 13.6. The molecule has 1 unspecified atom stereocenters. The number of nitrogens with zero attached hydrogens (tertiary/aromatic N) is 1. The second-order valence-corrected chi connectivity index (χ2v) is 4.93. The van der Waals surface area contributed by atoms with E-state index in [1.54, 1.807) is 12.3 Å². The van der Waals surface area contributed by atoms with E-state index in [9.17, 15) is 4.39 Å². The molecule has 2 aromatic carbocycles. The zero-order chi connectivity index (χ0) is 14.1. The van der Waals surface area contributed by atoms with E-state index in [4.69, 9.17) is 5.73 Å². The monoisotopic (exact) mass is 266 g/mol. The molecule has 0 aliphatic heterocycles. The molecule has 2 nitrogen and oxygen atoms in total. The summed E-state index contributed by atoms with van der Waals surface area (Å²) >= 11 is 0. The van der Waals surface area contributed by atoms with Crippen LogP contribution in [0.3, 0.4) is 0 Å². The van der Waals surface area contributed by atoms with E-state index in [-0.39, 0.29) is 11.9 Å². The van der Waals surface area contributed by atoms with E-state index in [1.807, 2.05) is 37.3 Å². The van der Waals surface area contributed by atoms with Crippen LogP contribution in [0.15, 0.2) is 54.7 Å². The summed E-state index contributed by atoms with van der Waals surface area (Å²) in [5, 5.41) is 1.03. The summed E-state index contributed by atoms with van der Waals surface area (Å²) in [5.74, 6) is -0.254. The van der Waals surface area contributed by atoms with Crippen LogP contribution in [0.25, 0.3) is 22.0 Å². The van der Waals surface area contributed by atoms with Crippen molar-refractivity contribution >= 4 is 10.9 Å². The number of pyridine rings is 1. The maximum atomic E-state index is 13.6. The summed E-state index contributed by atoms with van der Waals surface area (Å²) in [4.78, 5) is 4.29. The van der Waals surface area contributed by atoms with Gasteiger partial charge in [0, 0.05) is 17.6 Å². The van der Waals surface area contributed by atoms with Gasteiger partial charge in [0.25, 0.3) is 0 Å². The molecule has 1 heterocycles. The van der Waals surface area contributed by atoms with Gasteiger partial charge in [-0.2, -0.15) is 0 Å². The van der Waals surface area contributed by atoms with Gasteiger partial charge in [0.2, 0.25) is 0 Å². The Morgan fingerprint density at radius 1 is 1.10 bits per heavy atom. The van der Waals surface area contributed by atoms with Crippen LogP contribution in [0, 0.1) is 5.82 Å². The highest BCUT2D eigenvalue weighted by Crippen LogP contribution is 2.30. The molecule has 0 saturated heterocycles. The highest BCUT2D eigenvalue weighted by Gasteiger charge is 2.10. The smallest absolute Gasteiger partial charge is 0.123 e. The summed E-state index contributed by atoms with van der Waals surface area (Å²) in [7, 11) is 0. The molecule has 0 amide bonds. The molecular formula is C17H15FN2. The molecule has 0 fully saturated rings. The molecule has 1 aromatic heterocycles. The fraction of sp³-hybridized carbons (Fsp3) is 0.118. The minimum Gasteiger partial charge on any atom is -0.324 e. The summed E-state index contributed by atoms with van der Waals surface area (Å²) in [6.45, 7) is 1.90. The average Bonchev–Trinajstić information content (AvgIpc) is 2.46.